The molecular weight excluding hydrogens is 335 g/mol. The maximum Gasteiger partial charge on any atom is 0.264 e. The van der Waals surface area contributed by atoms with E-state index >= 15 is 0 Å². The number of halogens is 3. The molecule has 5 nitrogen and oxygen atoms in total. The molecule has 0 fully saturated rings. The molecule has 23 heavy (non-hydrogen) atoms. The Hall–Kier alpha value is -2.42. The Morgan fingerprint density at radius 2 is 1.57 bits per heavy atom. The number of nitrogens with one attached hydrogen (secondary N) is 1. The number of methoxy groups -OCH3 is 2. The van der Waals surface area contributed by atoms with E-state index in [1.165, 1.54) is 32.4 Å². The summed E-state index contributed by atoms with van der Waals surface area (Å²) in [5.41, 5.74) is 0.0341. The van der Waals surface area contributed by atoms with Gasteiger partial charge >= 0.3 is 0 Å². The van der Waals surface area contributed by atoms with Crippen molar-refractivity contribution in [2.24, 2.45) is 0 Å². The molecule has 0 unspecified atom stereocenters. The van der Waals surface area contributed by atoms with Gasteiger partial charge in [-0.25, -0.2) is 21.6 Å². The summed E-state index contributed by atoms with van der Waals surface area (Å²) < 4.78 is 76.1. The molecule has 2 aromatic carbocycles. The third kappa shape index (κ3) is 3.34. The van der Waals surface area contributed by atoms with E-state index in [0.717, 1.165) is 0 Å². The van der Waals surface area contributed by atoms with Crippen LogP contribution in [0.25, 0.3) is 0 Å². The molecule has 2 rings (SSSR count). The van der Waals surface area contributed by atoms with Gasteiger partial charge in [0.15, 0.2) is 29.0 Å². The minimum absolute atomic E-state index is 0.0341. The molecule has 0 atom stereocenters. The van der Waals surface area contributed by atoms with E-state index in [1.54, 1.807) is 0 Å². The summed E-state index contributed by atoms with van der Waals surface area (Å²) in [6.45, 7) is 0. The van der Waals surface area contributed by atoms with Crippen LogP contribution in [0.3, 0.4) is 0 Å². The summed E-state index contributed by atoms with van der Waals surface area (Å²) >= 11 is 0. The molecule has 124 valence electrons. The molecule has 0 amide bonds. The van der Waals surface area contributed by atoms with Gasteiger partial charge in [-0.1, -0.05) is 0 Å². The highest BCUT2D eigenvalue weighted by molar-refractivity contribution is 7.92. The van der Waals surface area contributed by atoms with Gasteiger partial charge < -0.3 is 9.47 Å². The van der Waals surface area contributed by atoms with Crippen LogP contribution in [0.2, 0.25) is 0 Å². The topological polar surface area (TPSA) is 64.6 Å². The molecular formula is C14H12F3NO4S. The number of hydrogen-bond donors (Lipinski definition) is 1. The van der Waals surface area contributed by atoms with E-state index in [-0.39, 0.29) is 11.4 Å². The van der Waals surface area contributed by atoms with E-state index < -0.39 is 32.4 Å². The average Bonchev–Trinajstić information content (AvgIpc) is 2.51. The van der Waals surface area contributed by atoms with Crippen LogP contribution in [0, 0.1) is 17.5 Å². The summed E-state index contributed by atoms with van der Waals surface area (Å²) in [7, 11) is -1.70. The van der Waals surface area contributed by atoms with Crippen molar-refractivity contribution >= 4 is 15.7 Å². The van der Waals surface area contributed by atoms with Gasteiger partial charge in [-0.2, -0.15) is 0 Å². The molecule has 0 heterocycles. The Labute approximate surface area is 130 Å². The first-order valence-electron chi connectivity index (χ1n) is 6.18. The average molecular weight is 347 g/mol. The number of sulfonamides is 1. The predicted octanol–water partition coefficient (Wildman–Crippen LogP) is 2.92. The first-order chi connectivity index (χ1) is 10.8. The van der Waals surface area contributed by atoms with E-state index in [2.05, 4.69) is 4.72 Å². The van der Waals surface area contributed by atoms with Crippen molar-refractivity contribution in [2.75, 3.05) is 18.9 Å². The Bertz CT molecular complexity index is 840. The fraction of sp³-hybridized carbons (Fsp3) is 0.143. The van der Waals surface area contributed by atoms with Crippen LogP contribution in [-0.2, 0) is 10.0 Å². The van der Waals surface area contributed by atoms with Crippen LogP contribution in [0.5, 0.6) is 11.5 Å². The van der Waals surface area contributed by atoms with Gasteiger partial charge in [0, 0.05) is 6.07 Å². The van der Waals surface area contributed by atoms with Crippen molar-refractivity contribution in [3.63, 3.8) is 0 Å². The van der Waals surface area contributed by atoms with Crippen molar-refractivity contribution in [1.29, 1.82) is 0 Å². The van der Waals surface area contributed by atoms with Gasteiger partial charge in [-0.3, -0.25) is 4.72 Å². The quantitative estimate of drug-likeness (QED) is 0.845. The van der Waals surface area contributed by atoms with Crippen LogP contribution in [0.4, 0.5) is 18.9 Å². The second kappa shape index (κ2) is 6.37. The van der Waals surface area contributed by atoms with Gasteiger partial charge in [0.05, 0.1) is 19.9 Å². The Balaban J connectivity index is 2.41. The monoisotopic (exact) mass is 347 g/mol. The highest BCUT2D eigenvalue weighted by atomic mass is 32.2. The van der Waals surface area contributed by atoms with E-state index in [1.807, 2.05) is 0 Å². The van der Waals surface area contributed by atoms with Gasteiger partial charge in [-0.05, 0) is 24.3 Å². The minimum Gasteiger partial charge on any atom is -0.493 e. The Kier molecular flexibility index (Phi) is 4.69. The highest BCUT2D eigenvalue weighted by Gasteiger charge is 2.24. The third-order valence-corrected chi connectivity index (χ3v) is 4.32. The van der Waals surface area contributed by atoms with Gasteiger partial charge in [0.2, 0.25) is 0 Å². The van der Waals surface area contributed by atoms with E-state index in [9.17, 15) is 21.6 Å². The predicted molar refractivity (Wildman–Crippen MR) is 76.7 cm³/mol. The lowest BCUT2D eigenvalue weighted by Crippen LogP contribution is -2.16. The highest BCUT2D eigenvalue weighted by Crippen LogP contribution is 2.31. The Morgan fingerprint density at radius 1 is 0.913 bits per heavy atom. The second-order valence-corrected chi connectivity index (χ2v) is 6.00. The standard InChI is InChI=1S/C14H12F3NO4S/c1-21-10-5-3-8(7-11(10)22-2)18-23(19,20)12-6-4-9(15)13(16)14(12)17/h3-7,18H,1-2H3. The summed E-state index contributed by atoms with van der Waals surface area (Å²) in [6.07, 6.45) is 0. The maximum absolute atomic E-state index is 13.6. The molecule has 1 N–H and O–H groups in total. The summed E-state index contributed by atoms with van der Waals surface area (Å²) in [4.78, 5) is -1.01. The third-order valence-electron chi connectivity index (χ3n) is 2.93. The molecule has 0 aliphatic carbocycles. The molecule has 0 spiro atoms. The SMILES string of the molecule is COc1ccc(NS(=O)(=O)c2ccc(F)c(F)c2F)cc1OC. The first-order valence-corrected chi connectivity index (χ1v) is 7.67. The van der Waals surface area contributed by atoms with E-state index in [0.29, 0.717) is 17.9 Å². The fourth-order valence-electron chi connectivity index (χ4n) is 1.83. The number of rotatable bonds is 5. The summed E-state index contributed by atoms with van der Waals surface area (Å²) in [5.74, 6) is -4.54. The molecule has 0 saturated heterocycles. The van der Waals surface area contributed by atoms with Gasteiger partial charge in [-0.15, -0.1) is 0 Å². The zero-order valence-corrected chi connectivity index (χ0v) is 12.9. The maximum atomic E-state index is 13.6. The van der Waals surface area contributed by atoms with Crippen molar-refractivity contribution in [3.8, 4) is 11.5 Å². The zero-order valence-electron chi connectivity index (χ0n) is 12.1. The molecule has 0 aromatic heterocycles. The summed E-state index contributed by atoms with van der Waals surface area (Å²) in [6, 6.07) is 5.24. The smallest absolute Gasteiger partial charge is 0.264 e. The van der Waals surface area contributed by atoms with Crippen LogP contribution in [0.15, 0.2) is 35.2 Å². The largest absolute Gasteiger partial charge is 0.493 e. The molecule has 0 bridgehead atoms. The lowest BCUT2D eigenvalue weighted by molar-refractivity contribution is 0.355. The fourth-order valence-corrected chi connectivity index (χ4v) is 2.95. The molecule has 0 aliphatic rings. The lowest BCUT2D eigenvalue weighted by Gasteiger charge is -2.12. The molecule has 0 aliphatic heterocycles. The van der Waals surface area contributed by atoms with E-state index in [4.69, 9.17) is 9.47 Å². The minimum atomic E-state index is -4.46. The molecule has 2 aromatic rings. The number of benzene rings is 2. The van der Waals surface area contributed by atoms with Crippen molar-refractivity contribution in [3.05, 3.63) is 47.8 Å². The van der Waals surface area contributed by atoms with Gasteiger partial charge in [0.1, 0.15) is 4.90 Å². The number of anilines is 1. The van der Waals surface area contributed by atoms with Crippen molar-refractivity contribution in [1.82, 2.24) is 0 Å². The van der Waals surface area contributed by atoms with Crippen LogP contribution >= 0.6 is 0 Å². The van der Waals surface area contributed by atoms with Gasteiger partial charge in [0.25, 0.3) is 10.0 Å². The second-order valence-electron chi connectivity index (χ2n) is 4.35. The van der Waals surface area contributed by atoms with Crippen LogP contribution in [-0.4, -0.2) is 22.6 Å². The molecule has 0 saturated carbocycles. The molecule has 0 radical (unpaired) electrons. The number of ether oxygens (including phenoxy) is 2. The lowest BCUT2D eigenvalue weighted by atomic mass is 10.3. The molecule has 9 heteroatoms. The summed E-state index contributed by atoms with van der Waals surface area (Å²) in [5, 5.41) is 0. The zero-order chi connectivity index (χ0) is 17.2. The van der Waals surface area contributed by atoms with Crippen LogP contribution < -0.4 is 14.2 Å². The van der Waals surface area contributed by atoms with Crippen molar-refractivity contribution in [2.45, 2.75) is 4.90 Å². The normalized spacial score (nSPS) is 11.2. The Morgan fingerprint density at radius 3 is 2.17 bits per heavy atom. The first kappa shape index (κ1) is 16.9. The van der Waals surface area contributed by atoms with Crippen LogP contribution in [0.1, 0.15) is 0 Å². The number of hydrogen-bond acceptors (Lipinski definition) is 4. The van der Waals surface area contributed by atoms with Crippen molar-refractivity contribution < 1.29 is 31.1 Å².